The molecule has 0 radical (unpaired) electrons. The van der Waals surface area contributed by atoms with Crippen molar-refractivity contribution in [3.63, 3.8) is 0 Å². The number of thiocarbonyl (C=S) groups is 1. The molecule has 1 aliphatic carbocycles. The second-order valence-corrected chi connectivity index (χ2v) is 8.46. The Kier molecular flexibility index (Phi) is 5.33. The fourth-order valence-corrected chi connectivity index (χ4v) is 4.70. The lowest BCUT2D eigenvalue weighted by Gasteiger charge is -2.36. The Balaban J connectivity index is 1.19. The summed E-state index contributed by atoms with van der Waals surface area (Å²) >= 11 is 5.57. The summed E-state index contributed by atoms with van der Waals surface area (Å²) in [5.41, 5.74) is 4.79. The van der Waals surface area contributed by atoms with Gasteiger partial charge in [0.2, 0.25) is 5.78 Å². The molecule has 1 aromatic carbocycles. The zero-order valence-corrected chi connectivity index (χ0v) is 18.3. The van der Waals surface area contributed by atoms with E-state index in [1.165, 1.54) is 5.69 Å². The number of rotatable bonds is 5. The SMILES string of the molecule is Cc1cc(N2CCN(CCCn3nnc4c3C(=O)c3ccccc3C4=S)CC2)ccn1. The van der Waals surface area contributed by atoms with Gasteiger partial charge in [-0.1, -0.05) is 41.7 Å². The van der Waals surface area contributed by atoms with Gasteiger partial charge in [-0.15, -0.1) is 5.10 Å². The number of pyridine rings is 1. The molecule has 2 aromatic heterocycles. The van der Waals surface area contributed by atoms with Crippen molar-refractivity contribution in [2.24, 2.45) is 0 Å². The molecule has 0 unspecified atom stereocenters. The number of benzene rings is 1. The van der Waals surface area contributed by atoms with E-state index in [2.05, 4.69) is 37.2 Å². The Morgan fingerprint density at radius 2 is 1.81 bits per heavy atom. The van der Waals surface area contributed by atoms with Crippen LogP contribution in [0.3, 0.4) is 0 Å². The number of carbonyl (C=O) groups excluding carboxylic acids is 1. The zero-order valence-electron chi connectivity index (χ0n) is 17.5. The summed E-state index contributed by atoms with van der Waals surface area (Å²) in [5, 5.41) is 8.48. The van der Waals surface area contributed by atoms with Crippen molar-refractivity contribution < 1.29 is 4.79 Å². The molecule has 3 aromatic rings. The first kappa shape index (κ1) is 20.0. The lowest BCUT2D eigenvalue weighted by molar-refractivity contribution is 0.102. The molecule has 1 saturated heterocycles. The van der Waals surface area contributed by atoms with Crippen LogP contribution in [0.5, 0.6) is 0 Å². The lowest BCUT2D eigenvalue weighted by atomic mass is 9.91. The van der Waals surface area contributed by atoms with Crippen LogP contribution in [0.4, 0.5) is 5.69 Å². The molecule has 0 saturated carbocycles. The van der Waals surface area contributed by atoms with Crippen LogP contribution in [-0.2, 0) is 6.54 Å². The summed E-state index contributed by atoms with van der Waals surface area (Å²) in [4.78, 5) is 22.8. The first-order valence-corrected chi connectivity index (χ1v) is 11.0. The van der Waals surface area contributed by atoms with E-state index in [9.17, 15) is 4.79 Å². The standard InChI is InChI=1S/C23H24N6OS/c1-16-15-17(7-8-24-16)28-13-11-27(12-14-28)9-4-10-29-21-20(25-26-29)23(31)19-6-3-2-5-18(19)22(21)30/h2-3,5-8,15H,4,9-14H2,1H3. The van der Waals surface area contributed by atoms with E-state index >= 15 is 0 Å². The molecule has 158 valence electrons. The second-order valence-electron chi connectivity index (χ2n) is 8.05. The Hall–Kier alpha value is -2.97. The molecule has 0 bridgehead atoms. The van der Waals surface area contributed by atoms with Crippen LogP contribution in [0.15, 0.2) is 42.6 Å². The number of ketones is 1. The highest BCUT2D eigenvalue weighted by Crippen LogP contribution is 2.26. The molecule has 1 fully saturated rings. The Labute approximate surface area is 186 Å². The highest BCUT2D eigenvalue weighted by atomic mass is 32.1. The van der Waals surface area contributed by atoms with Gasteiger partial charge in [-0.25, -0.2) is 4.68 Å². The molecule has 3 heterocycles. The van der Waals surface area contributed by atoms with Gasteiger partial charge in [0.25, 0.3) is 0 Å². The summed E-state index contributed by atoms with van der Waals surface area (Å²) in [5.74, 6) is -0.0366. The third-order valence-corrected chi connectivity index (χ3v) is 6.46. The fraction of sp³-hybridized carbons (Fsp3) is 0.348. The highest BCUT2D eigenvalue weighted by Gasteiger charge is 2.32. The molecule has 2 aliphatic rings. The topological polar surface area (TPSA) is 67.2 Å². The largest absolute Gasteiger partial charge is 0.369 e. The van der Waals surface area contributed by atoms with E-state index in [0.717, 1.165) is 50.4 Å². The number of piperazine rings is 1. The van der Waals surface area contributed by atoms with E-state index in [0.29, 0.717) is 28.4 Å². The van der Waals surface area contributed by atoms with Gasteiger partial charge >= 0.3 is 0 Å². The second kappa shape index (κ2) is 8.28. The fourth-order valence-electron chi connectivity index (χ4n) is 4.38. The number of aryl methyl sites for hydroxylation is 2. The number of anilines is 1. The molecular formula is C23H24N6OS. The molecule has 7 nitrogen and oxygen atoms in total. The van der Waals surface area contributed by atoms with Crippen molar-refractivity contribution in [2.75, 3.05) is 37.6 Å². The number of aromatic nitrogens is 4. The first-order valence-electron chi connectivity index (χ1n) is 10.6. The zero-order chi connectivity index (χ0) is 21.4. The number of hydrogen-bond acceptors (Lipinski definition) is 7. The minimum Gasteiger partial charge on any atom is -0.369 e. The van der Waals surface area contributed by atoms with Crippen LogP contribution in [0.2, 0.25) is 0 Å². The van der Waals surface area contributed by atoms with E-state index in [-0.39, 0.29) is 5.78 Å². The van der Waals surface area contributed by atoms with E-state index in [1.54, 1.807) is 4.68 Å². The predicted molar refractivity (Wildman–Crippen MR) is 123 cm³/mol. The van der Waals surface area contributed by atoms with Gasteiger partial charge in [-0.3, -0.25) is 14.7 Å². The molecule has 0 N–H and O–H groups in total. The molecular weight excluding hydrogens is 408 g/mol. The molecule has 5 rings (SSSR count). The smallest absolute Gasteiger partial charge is 0.214 e. The number of nitrogens with zero attached hydrogens (tertiary/aromatic N) is 6. The maximum Gasteiger partial charge on any atom is 0.214 e. The average Bonchev–Trinajstić information content (AvgIpc) is 3.22. The normalized spacial score (nSPS) is 16.4. The van der Waals surface area contributed by atoms with Crippen LogP contribution in [0.25, 0.3) is 0 Å². The summed E-state index contributed by atoms with van der Waals surface area (Å²) in [6, 6.07) is 11.7. The third kappa shape index (κ3) is 3.77. The molecule has 0 amide bonds. The number of fused-ring (bicyclic) bond motifs is 2. The van der Waals surface area contributed by atoms with Crippen molar-refractivity contribution in [3.05, 3.63) is 70.8 Å². The summed E-state index contributed by atoms with van der Waals surface area (Å²) in [6.07, 6.45) is 2.78. The van der Waals surface area contributed by atoms with E-state index in [1.807, 2.05) is 37.4 Å². The van der Waals surface area contributed by atoms with E-state index in [4.69, 9.17) is 12.2 Å². The van der Waals surface area contributed by atoms with Crippen molar-refractivity contribution in [2.45, 2.75) is 19.9 Å². The highest BCUT2D eigenvalue weighted by molar-refractivity contribution is 7.81. The minimum absolute atomic E-state index is 0.0366. The van der Waals surface area contributed by atoms with Gasteiger partial charge < -0.3 is 4.90 Å². The van der Waals surface area contributed by atoms with Crippen LogP contribution < -0.4 is 4.90 Å². The quantitative estimate of drug-likeness (QED) is 0.449. The van der Waals surface area contributed by atoms with Crippen LogP contribution in [-0.4, -0.2) is 68.2 Å². The van der Waals surface area contributed by atoms with Crippen molar-refractivity contribution in [3.8, 4) is 0 Å². The predicted octanol–water partition coefficient (Wildman–Crippen LogP) is 2.50. The number of hydrogen-bond donors (Lipinski definition) is 0. The van der Waals surface area contributed by atoms with Crippen molar-refractivity contribution in [1.82, 2.24) is 24.9 Å². The van der Waals surface area contributed by atoms with Crippen molar-refractivity contribution in [1.29, 1.82) is 0 Å². The lowest BCUT2D eigenvalue weighted by Crippen LogP contribution is -2.46. The maximum atomic E-state index is 13.0. The van der Waals surface area contributed by atoms with E-state index < -0.39 is 0 Å². The van der Waals surface area contributed by atoms with Crippen LogP contribution in [0, 0.1) is 6.92 Å². The van der Waals surface area contributed by atoms with Gasteiger partial charge in [0, 0.05) is 68.0 Å². The monoisotopic (exact) mass is 432 g/mol. The average molecular weight is 433 g/mol. The Bertz CT molecular complexity index is 1150. The Morgan fingerprint density at radius 3 is 2.58 bits per heavy atom. The van der Waals surface area contributed by atoms with Crippen LogP contribution in [0.1, 0.15) is 39.4 Å². The molecule has 31 heavy (non-hydrogen) atoms. The molecule has 0 atom stereocenters. The maximum absolute atomic E-state index is 13.0. The Morgan fingerprint density at radius 1 is 1.03 bits per heavy atom. The summed E-state index contributed by atoms with van der Waals surface area (Å²) in [6.45, 7) is 7.70. The minimum atomic E-state index is -0.0366. The van der Waals surface area contributed by atoms with Gasteiger partial charge in [-0.2, -0.15) is 0 Å². The summed E-state index contributed by atoms with van der Waals surface area (Å²) < 4.78 is 1.73. The van der Waals surface area contributed by atoms with Gasteiger partial charge in [0.15, 0.2) is 0 Å². The molecule has 1 aliphatic heterocycles. The molecule has 0 spiro atoms. The molecule has 8 heteroatoms. The van der Waals surface area contributed by atoms with Gasteiger partial charge in [0.1, 0.15) is 11.4 Å². The number of carbonyl (C=O) groups is 1. The van der Waals surface area contributed by atoms with Crippen molar-refractivity contribution >= 4 is 28.6 Å². The van der Waals surface area contributed by atoms with Gasteiger partial charge in [-0.05, 0) is 25.5 Å². The third-order valence-electron chi connectivity index (χ3n) is 6.04. The summed E-state index contributed by atoms with van der Waals surface area (Å²) in [7, 11) is 0. The first-order chi connectivity index (χ1) is 15.1. The van der Waals surface area contributed by atoms with Gasteiger partial charge in [0.05, 0.1) is 4.86 Å². The van der Waals surface area contributed by atoms with Crippen LogP contribution >= 0.6 is 12.2 Å².